The topological polar surface area (TPSA) is 83.9 Å². The van der Waals surface area contributed by atoms with Crippen LogP contribution in [0.5, 0.6) is 5.75 Å². The third-order valence-corrected chi connectivity index (χ3v) is 5.58. The van der Waals surface area contributed by atoms with E-state index in [1.165, 1.54) is 4.90 Å². The van der Waals surface area contributed by atoms with Crippen LogP contribution >= 0.6 is 11.8 Å². The second-order valence-corrected chi connectivity index (χ2v) is 7.65. The normalized spacial score (nSPS) is 16.4. The van der Waals surface area contributed by atoms with Gasteiger partial charge in [0, 0.05) is 0 Å². The molecule has 2 aromatic carbocycles. The molecule has 1 aliphatic rings. The minimum atomic E-state index is -1.02. The van der Waals surface area contributed by atoms with Gasteiger partial charge in [-0.2, -0.15) is 0 Å². The molecule has 29 heavy (non-hydrogen) atoms. The lowest BCUT2D eigenvalue weighted by Gasteiger charge is -2.16. The minimum absolute atomic E-state index is 0.331. The van der Waals surface area contributed by atoms with Gasteiger partial charge in [-0.15, -0.1) is 0 Å². The monoisotopic (exact) mass is 411 g/mol. The van der Waals surface area contributed by atoms with Crippen molar-refractivity contribution in [2.24, 2.45) is 0 Å². The number of ether oxygens (including phenoxy) is 1. The average Bonchev–Trinajstić information content (AvgIpc) is 2.96. The second-order valence-electron chi connectivity index (χ2n) is 6.66. The highest BCUT2D eigenvalue weighted by molar-refractivity contribution is 8.19. The molecular weight excluding hydrogens is 390 g/mol. The van der Waals surface area contributed by atoms with Crippen molar-refractivity contribution in [3.8, 4) is 5.75 Å². The van der Waals surface area contributed by atoms with E-state index in [1.807, 2.05) is 26.0 Å². The molecule has 1 atom stereocenters. The molecule has 1 heterocycles. The number of benzene rings is 2. The van der Waals surface area contributed by atoms with Crippen LogP contribution in [0.2, 0.25) is 0 Å². The molecule has 0 radical (unpaired) electrons. The maximum Gasteiger partial charge on any atom is 0.344 e. The first-order valence-electron chi connectivity index (χ1n) is 9.15. The van der Waals surface area contributed by atoms with Gasteiger partial charge in [-0.25, -0.2) is 9.69 Å². The summed E-state index contributed by atoms with van der Waals surface area (Å²) < 4.78 is 5.43. The first-order chi connectivity index (χ1) is 13.8. The van der Waals surface area contributed by atoms with Crippen molar-refractivity contribution in [1.82, 2.24) is 0 Å². The van der Waals surface area contributed by atoms with Gasteiger partial charge in [-0.1, -0.05) is 31.2 Å². The number of carbonyl (C=O) groups excluding carboxylic acids is 2. The van der Waals surface area contributed by atoms with E-state index in [4.69, 9.17) is 9.84 Å². The number of aryl methyl sites for hydroxylation is 1. The smallest absolute Gasteiger partial charge is 0.344 e. The van der Waals surface area contributed by atoms with Gasteiger partial charge in [0.15, 0.2) is 6.10 Å². The van der Waals surface area contributed by atoms with Crippen molar-refractivity contribution in [3.05, 3.63) is 64.1 Å². The predicted molar refractivity (Wildman–Crippen MR) is 113 cm³/mol. The number of carbonyl (C=O) groups is 3. The summed E-state index contributed by atoms with van der Waals surface area (Å²) in [7, 11) is 0. The maximum absolute atomic E-state index is 12.8. The SMILES string of the molecule is CCC(Oc1ccc(/C=C2/SC(=O)N(c3cccc(C)c3C)C2=O)cc1)C(=O)O. The van der Waals surface area contributed by atoms with E-state index < -0.39 is 12.1 Å². The summed E-state index contributed by atoms with van der Waals surface area (Å²) >= 11 is 0.898. The first kappa shape index (κ1) is 20.7. The molecular formula is C22H21NO5S. The molecule has 1 fully saturated rings. The van der Waals surface area contributed by atoms with Crippen LogP contribution in [0.25, 0.3) is 6.08 Å². The Labute approximate surface area is 173 Å². The third kappa shape index (κ3) is 4.35. The van der Waals surface area contributed by atoms with Crippen molar-refractivity contribution >= 4 is 40.6 Å². The molecule has 3 rings (SSSR count). The van der Waals surface area contributed by atoms with Gasteiger partial charge in [0.25, 0.3) is 11.1 Å². The molecule has 6 nitrogen and oxygen atoms in total. The number of nitrogens with zero attached hydrogens (tertiary/aromatic N) is 1. The molecule has 7 heteroatoms. The number of carboxylic acid groups (broad SMARTS) is 1. The third-order valence-electron chi connectivity index (χ3n) is 4.71. The molecule has 1 N–H and O–H groups in total. The van der Waals surface area contributed by atoms with E-state index in [9.17, 15) is 14.4 Å². The fourth-order valence-corrected chi connectivity index (χ4v) is 3.75. The zero-order valence-corrected chi connectivity index (χ0v) is 17.2. The van der Waals surface area contributed by atoms with Gasteiger partial charge < -0.3 is 9.84 Å². The highest BCUT2D eigenvalue weighted by Crippen LogP contribution is 2.37. The molecule has 0 bridgehead atoms. The number of aliphatic carboxylic acids is 1. The van der Waals surface area contributed by atoms with Crippen molar-refractivity contribution in [3.63, 3.8) is 0 Å². The Morgan fingerprint density at radius 2 is 1.86 bits per heavy atom. The Morgan fingerprint density at radius 1 is 1.17 bits per heavy atom. The zero-order valence-electron chi connectivity index (χ0n) is 16.3. The Morgan fingerprint density at radius 3 is 2.48 bits per heavy atom. The molecule has 2 aromatic rings. The van der Waals surface area contributed by atoms with Crippen LogP contribution in [0.1, 0.15) is 30.0 Å². The molecule has 0 spiro atoms. The summed E-state index contributed by atoms with van der Waals surface area (Å²) in [5.74, 6) is -0.942. The largest absolute Gasteiger partial charge is 0.479 e. The number of hydrogen-bond donors (Lipinski definition) is 1. The van der Waals surface area contributed by atoms with E-state index in [-0.39, 0.29) is 11.1 Å². The summed E-state index contributed by atoms with van der Waals surface area (Å²) in [5, 5.41) is 8.75. The van der Waals surface area contributed by atoms with Gasteiger partial charge >= 0.3 is 5.97 Å². The number of amides is 2. The summed E-state index contributed by atoms with van der Waals surface area (Å²) in [4.78, 5) is 37.9. The van der Waals surface area contributed by atoms with Crippen LogP contribution in [0, 0.1) is 13.8 Å². The van der Waals surface area contributed by atoms with Gasteiger partial charge in [0.05, 0.1) is 10.6 Å². The molecule has 1 saturated heterocycles. The van der Waals surface area contributed by atoms with Gasteiger partial charge in [-0.05, 0) is 73.0 Å². The van der Waals surface area contributed by atoms with Crippen LogP contribution in [-0.4, -0.2) is 28.3 Å². The predicted octanol–water partition coefficient (Wildman–Crippen LogP) is 4.79. The first-order valence-corrected chi connectivity index (χ1v) is 9.97. The molecule has 0 aromatic heterocycles. The maximum atomic E-state index is 12.8. The van der Waals surface area contributed by atoms with E-state index in [2.05, 4.69) is 0 Å². The summed E-state index contributed by atoms with van der Waals surface area (Å²) in [5.41, 5.74) is 3.21. The summed E-state index contributed by atoms with van der Waals surface area (Å²) in [6, 6.07) is 12.2. The number of carboxylic acids is 1. The highest BCUT2D eigenvalue weighted by atomic mass is 32.2. The zero-order chi connectivity index (χ0) is 21.1. The van der Waals surface area contributed by atoms with E-state index >= 15 is 0 Å². The van der Waals surface area contributed by atoms with Crippen LogP contribution in [0.15, 0.2) is 47.4 Å². The number of thioether (sulfide) groups is 1. The van der Waals surface area contributed by atoms with Crippen molar-refractivity contribution in [2.45, 2.75) is 33.3 Å². The second kappa shape index (κ2) is 8.53. The van der Waals surface area contributed by atoms with E-state index in [0.717, 1.165) is 22.9 Å². The molecule has 0 saturated carbocycles. The number of rotatable bonds is 6. The molecule has 1 unspecified atom stereocenters. The van der Waals surface area contributed by atoms with Crippen LogP contribution in [0.3, 0.4) is 0 Å². The van der Waals surface area contributed by atoms with Crippen molar-refractivity contribution < 1.29 is 24.2 Å². The lowest BCUT2D eigenvalue weighted by atomic mass is 10.1. The molecule has 1 aliphatic heterocycles. The minimum Gasteiger partial charge on any atom is -0.479 e. The lowest BCUT2D eigenvalue weighted by Crippen LogP contribution is -2.28. The quantitative estimate of drug-likeness (QED) is 0.688. The van der Waals surface area contributed by atoms with Crippen LogP contribution in [0.4, 0.5) is 10.5 Å². The van der Waals surface area contributed by atoms with Gasteiger partial charge in [-0.3, -0.25) is 9.59 Å². The summed E-state index contributed by atoms with van der Waals surface area (Å²) in [6.07, 6.45) is 1.09. The van der Waals surface area contributed by atoms with Crippen molar-refractivity contribution in [2.75, 3.05) is 4.90 Å². The van der Waals surface area contributed by atoms with E-state index in [1.54, 1.807) is 43.3 Å². The number of hydrogen-bond acceptors (Lipinski definition) is 5. The van der Waals surface area contributed by atoms with E-state index in [0.29, 0.717) is 28.3 Å². The van der Waals surface area contributed by atoms with Gasteiger partial charge in [0.1, 0.15) is 5.75 Å². The number of anilines is 1. The Bertz CT molecular complexity index is 997. The molecule has 150 valence electrons. The average molecular weight is 411 g/mol. The summed E-state index contributed by atoms with van der Waals surface area (Å²) in [6.45, 7) is 5.56. The lowest BCUT2D eigenvalue weighted by molar-refractivity contribution is -0.145. The number of imide groups is 1. The molecule has 0 aliphatic carbocycles. The fourth-order valence-electron chi connectivity index (χ4n) is 2.92. The fraction of sp³-hybridized carbons (Fsp3) is 0.227. The molecule has 2 amide bonds. The highest BCUT2D eigenvalue weighted by Gasteiger charge is 2.37. The van der Waals surface area contributed by atoms with Crippen LogP contribution in [-0.2, 0) is 9.59 Å². The Balaban J connectivity index is 1.81. The van der Waals surface area contributed by atoms with Crippen LogP contribution < -0.4 is 9.64 Å². The Kier molecular flexibility index (Phi) is 6.08. The Hall–Kier alpha value is -3.06. The van der Waals surface area contributed by atoms with Gasteiger partial charge in [0.2, 0.25) is 0 Å². The van der Waals surface area contributed by atoms with Crippen molar-refractivity contribution in [1.29, 1.82) is 0 Å². The standard InChI is InChI=1S/C22H21NO5S/c1-4-18(21(25)26)28-16-10-8-15(9-11-16)12-19-20(24)23(22(27)29-19)17-7-5-6-13(2)14(17)3/h5-12,18H,4H2,1-3H3,(H,25,26)/b19-12+.